The monoisotopic (exact) mass is 301 g/mol. The van der Waals surface area contributed by atoms with E-state index in [9.17, 15) is 0 Å². The van der Waals surface area contributed by atoms with Crippen LogP contribution in [0.25, 0.3) is 0 Å². The van der Waals surface area contributed by atoms with Crippen LogP contribution in [0.3, 0.4) is 0 Å². The van der Waals surface area contributed by atoms with Crippen LogP contribution in [-0.2, 0) is 12.8 Å². The van der Waals surface area contributed by atoms with E-state index in [0.29, 0.717) is 6.04 Å². The first-order valence-corrected chi connectivity index (χ1v) is 7.94. The van der Waals surface area contributed by atoms with Crippen molar-refractivity contribution in [3.05, 3.63) is 69.7 Å². The second-order valence-corrected chi connectivity index (χ2v) is 6.22. The molecule has 112 valence electrons. The van der Waals surface area contributed by atoms with Gasteiger partial charge in [0.15, 0.2) is 0 Å². The summed E-state index contributed by atoms with van der Waals surface area (Å²) in [6.45, 7) is 4.20. The Bertz CT molecular complexity index is 575. The van der Waals surface area contributed by atoms with Crippen LogP contribution in [0.5, 0.6) is 0 Å². The predicted octanol–water partition coefficient (Wildman–Crippen LogP) is 4.72. The second-order valence-electron chi connectivity index (χ2n) is 5.81. The maximum absolute atomic E-state index is 6.34. The maximum Gasteiger partial charge on any atom is 0.0441 e. The predicted molar refractivity (Wildman–Crippen MR) is 92.2 cm³/mol. The highest BCUT2D eigenvalue weighted by Gasteiger charge is 2.10. The average Bonchev–Trinajstić information content (AvgIpc) is 2.47. The topological polar surface area (TPSA) is 12.0 Å². The Morgan fingerprint density at radius 3 is 2.29 bits per heavy atom. The molecule has 0 heterocycles. The molecule has 0 aliphatic heterocycles. The summed E-state index contributed by atoms with van der Waals surface area (Å²) in [5.41, 5.74) is 5.15. The summed E-state index contributed by atoms with van der Waals surface area (Å²) in [6, 6.07) is 15.6. The van der Waals surface area contributed by atoms with E-state index in [0.717, 1.165) is 24.3 Å². The summed E-state index contributed by atoms with van der Waals surface area (Å²) in [5.74, 6) is 0. The second kappa shape index (κ2) is 7.63. The van der Waals surface area contributed by atoms with Gasteiger partial charge in [0, 0.05) is 11.1 Å². The Labute approximate surface area is 133 Å². The number of rotatable bonds is 6. The van der Waals surface area contributed by atoms with Crippen LogP contribution >= 0.6 is 11.6 Å². The van der Waals surface area contributed by atoms with Crippen LogP contribution in [0.15, 0.2) is 42.5 Å². The smallest absolute Gasteiger partial charge is 0.0441 e. The minimum Gasteiger partial charge on any atom is -0.317 e. The van der Waals surface area contributed by atoms with Crippen molar-refractivity contribution < 1.29 is 0 Å². The van der Waals surface area contributed by atoms with Gasteiger partial charge in [-0.25, -0.2) is 0 Å². The molecule has 2 aromatic carbocycles. The van der Waals surface area contributed by atoms with Crippen molar-refractivity contribution in [3.63, 3.8) is 0 Å². The number of hydrogen-bond acceptors (Lipinski definition) is 1. The van der Waals surface area contributed by atoms with Crippen molar-refractivity contribution >= 4 is 11.6 Å². The Balaban J connectivity index is 1.95. The molecule has 2 heteroatoms. The van der Waals surface area contributed by atoms with Gasteiger partial charge in [-0.05, 0) is 62.9 Å². The van der Waals surface area contributed by atoms with Gasteiger partial charge in [-0.3, -0.25) is 0 Å². The van der Waals surface area contributed by atoms with Gasteiger partial charge in [0.1, 0.15) is 0 Å². The molecule has 21 heavy (non-hydrogen) atoms. The fraction of sp³-hybridized carbons (Fsp3) is 0.368. The van der Waals surface area contributed by atoms with Gasteiger partial charge in [-0.1, -0.05) is 53.6 Å². The summed E-state index contributed by atoms with van der Waals surface area (Å²) >= 11 is 6.34. The molecule has 0 aromatic heterocycles. The molecule has 0 fully saturated rings. The molecule has 0 radical (unpaired) electrons. The molecule has 0 amide bonds. The standard InChI is InChI=1S/C19H24ClN/c1-14-4-7-16(8-5-14)9-11-18(21-3)13-17-10-6-15(2)12-19(17)20/h4-8,10,12,18,21H,9,11,13H2,1-3H3. The third-order valence-corrected chi connectivity index (χ3v) is 4.34. The number of halogens is 1. The van der Waals surface area contributed by atoms with Gasteiger partial charge in [0.05, 0.1) is 0 Å². The minimum absolute atomic E-state index is 0.450. The van der Waals surface area contributed by atoms with Crippen molar-refractivity contribution in [2.24, 2.45) is 0 Å². The van der Waals surface area contributed by atoms with Crippen LogP contribution in [0.4, 0.5) is 0 Å². The summed E-state index contributed by atoms with van der Waals surface area (Å²) in [5, 5.41) is 4.30. The third kappa shape index (κ3) is 4.87. The van der Waals surface area contributed by atoms with E-state index in [1.54, 1.807) is 0 Å². The molecule has 0 bridgehead atoms. The van der Waals surface area contributed by atoms with Crippen LogP contribution in [-0.4, -0.2) is 13.1 Å². The molecule has 1 nitrogen and oxygen atoms in total. The molecular weight excluding hydrogens is 278 g/mol. The molecule has 1 N–H and O–H groups in total. The van der Waals surface area contributed by atoms with E-state index >= 15 is 0 Å². The first-order chi connectivity index (χ1) is 10.1. The highest BCUT2D eigenvalue weighted by atomic mass is 35.5. The lowest BCUT2D eigenvalue weighted by atomic mass is 9.98. The molecule has 0 saturated heterocycles. The van der Waals surface area contributed by atoms with E-state index in [4.69, 9.17) is 11.6 Å². The van der Waals surface area contributed by atoms with Crippen molar-refractivity contribution in [3.8, 4) is 0 Å². The normalized spacial score (nSPS) is 12.4. The Morgan fingerprint density at radius 2 is 1.67 bits per heavy atom. The molecule has 0 spiro atoms. The highest BCUT2D eigenvalue weighted by molar-refractivity contribution is 6.31. The van der Waals surface area contributed by atoms with Crippen LogP contribution < -0.4 is 5.32 Å². The number of aryl methyl sites for hydroxylation is 3. The first-order valence-electron chi connectivity index (χ1n) is 7.56. The lowest BCUT2D eigenvalue weighted by Gasteiger charge is -2.17. The van der Waals surface area contributed by atoms with Crippen molar-refractivity contribution in [2.45, 2.75) is 39.2 Å². The van der Waals surface area contributed by atoms with E-state index in [-0.39, 0.29) is 0 Å². The van der Waals surface area contributed by atoms with Crippen molar-refractivity contribution in [1.29, 1.82) is 0 Å². The fourth-order valence-corrected chi connectivity index (χ4v) is 2.84. The van der Waals surface area contributed by atoms with E-state index in [1.165, 1.54) is 22.3 Å². The Hall–Kier alpha value is -1.31. The summed E-state index contributed by atoms with van der Waals surface area (Å²) in [4.78, 5) is 0. The van der Waals surface area contributed by atoms with Gasteiger partial charge in [0.25, 0.3) is 0 Å². The Kier molecular flexibility index (Phi) is 5.84. The van der Waals surface area contributed by atoms with Gasteiger partial charge in [0.2, 0.25) is 0 Å². The van der Waals surface area contributed by atoms with Crippen molar-refractivity contribution in [1.82, 2.24) is 5.32 Å². The zero-order valence-corrected chi connectivity index (χ0v) is 13.9. The molecule has 1 unspecified atom stereocenters. The maximum atomic E-state index is 6.34. The minimum atomic E-state index is 0.450. The number of benzene rings is 2. The molecule has 0 aliphatic carbocycles. The van der Waals surface area contributed by atoms with Crippen LogP contribution in [0, 0.1) is 13.8 Å². The lowest BCUT2D eigenvalue weighted by Crippen LogP contribution is -2.28. The summed E-state index contributed by atoms with van der Waals surface area (Å²) in [7, 11) is 2.03. The quantitative estimate of drug-likeness (QED) is 0.814. The van der Waals surface area contributed by atoms with Gasteiger partial charge >= 0.3 is 0 Å². The molecule has 0 saturated carbocycles. The average molecular weight is 302 g/mol. The highest BCUT2D eigenvalue weighted by Crippen LogP contribution is 2.20. The molecular formula is C19H24ClN. The van der Waals surface area contributed by atoms with Gasteiger partial charge < -0.3 is 5.32 Å². The first kappa shape index (κ1) is 16.1. The zero-order chi connectivity index (χ0) is 15.2. The van der Waals surface area contributed by atoms with E-state index in [2.05, 4.69) is 55.6 Å². The van der Waals surface area contributed by atoms with Crippen LogP contribution in [0.1, 0.15) is 28.7 Å². The molecule has 2 aromatic rings. The van der Waals surface area contributed by atoms with E-state index in [1.807, 2.05) is 13.1 Å². The Morgan fingerprint density at radius 1 is 1.00 bits per heavy atom. The molecule has 0 aliphatic rings. The summed E-state index contributed by atoms with van der Waals surface area (Å²) < 4.78 is 0. The zero-order valence-electron chi connectivity index (χ0n) is 13.1. The largest absolute Gasteiger partial charge is 0.317 e. The van der Waals surface area contributed by atoms with Crippen molar-refractivity contribution in [2.75, 3.05) is 7.05 Å². The third-order valence-electron chi connectivity index (χ3n) is 3.99. The fourth-order valence-electron chi connectivity index (χ4n) is 2.53. The van der Waals surface area contributed by atoms with Gasteiger partial charge in [-0.15, -0.1) is 0 Å². The number of hydrogen-bond donors (Lipinski definition) is 1. The van der Waals surface area contributed by atoms with Crippen LogP contribution in [0.2, 0.25) is 5.02 Å². The molecule has 2 rings (SSSR count). The molecule has 1 atom stereocenters. The number of nitrogens with one attached hydrogen (secondary N) is 1. The number of likely N-dealkylation sites (N-methyl/N-ethyl adjacent to an activating group) is 1. The lowest BCUT2D eigenvalue weighted by molar-refractivity contribution is 0.520. The SMILES string of the molecule is CNC(CCc1ccc(C)cc1)Cc1ccc(C)cc1Cl. The van der Waals surface area contributed by atoms with E-state index < -0.39 is 0 Å². The van der Waals surface area contributed by atoms with Gasteiger partial charge in [-0.2, -0.15) is 0 Å². The summed E-state index contributed by atoms with van der Waals surface area (Å²) in [6.07, 6.45) is 3.18.